The van der Waals surface area contributed by atoms with Gasteiger partial charge in [-0.1, -0.05) is 35.3 Å². The molecule has 1 heterocycles. The van der Waals surface area contributed by atoms with Crippen LogP contribution in [0.4, 0.5) is 13.2 Å². The Kier molecular flexibility index (Phi) is 7.85. The van der Waals surface area contributed by atoms with Gasteiger partial charge in [0.05, 0.1) is 10.6 Å². The topological polar surface area (TPSA) is 32.3 Å². The van der Waals surface area contributed by atoms with Crippen LogP contribution >= 0.6 is 35.6 Å². The molecule has 0 aromatic heterocycles. The summed E-state index contributed by atoms with van der Waals surface area (Å²) in [6.45, 7) is 1.39. The number of rotatable bonds is 3. The van der Waals surface area contributed by atoms with Crippen molar-refractivity contribution in [2.75, 3.05) is 20.1 Å². The highest BCUT2D eigenvalue weighted by molar-refractivity contribution is 6.31. The third-order valence-electron chi connectivity index (χ3n) is 5.08. The summed E-state index contributed by atoms with van der Waals surface area (Å²) in [5.74, 6) is -0.456. The summed E-state index contributed by atoms with van der Waals surface area (Å²) in [4.78, 5) is 14.5. The summed E-state index contributed by atoms with van der Waals surface area (Å²) in [6, 6.07) is 10.5. The smallest absolute Gasteiger partial charge is 0.338 e. The summed E-state index contributed by atoms with van der Waals surface area (Å²) < 4.78 is 39.4. The zero-order valence-corrected chi connectivity index (χ0v) is 17.8. The van der Waals surface area contributed by atoms with Crippen molar-refractivity contribution < 1.29 is 18.0 Å². The van der Waals surface area contributed by atoms with Gasteiger partial charge in [0.25, 0.3) is 5.91 Å². The number of carbonyl (C=O) groups excluding carboxylic acids is 1. The van der Waals surface area contributed by atoms with Crippen molar-refractivity contribution in [3.05, 3.63) is 69.2 Å². The van der Waals surface area contributed by atoms with Gasteiger partial charge in [0.1, 0.15) is 0 Å². The molecule has 158 valence electrons. The molecule has 1 N–H and O–H groups in total. The highest BCUT2D eigenvalue weighted by atomic mass is 35.5. The van der Waals surface area contributed by atoms with Gasteiger partial charge in [-0.15, -0.1) is 12.4 Å². The first kappa shape index (κ1) is 23.8. The number of nitrogens with zero attached hydrogens (tertiary/aromatic N) is 1. The van der Waals surface area contributed by atoms with Crippen LogP contribution in [-0.4, -0.2) is 37.0 Å². The molecule has 1 aliphatic rings. The van der Waals surface area contributed by atoms with Crippen LogP contribution in [0.1, 0.15) is 33.8 Å². The van der Waals surface area contributed by atoms with E-state index in [9.17, 15) is 18.0 Å². The van der Waals surface area contributed by atoms with Crippen molar-refractivity contribution in [3.8, 4) is 0 Å². The molecule has 0 saturated carbocycles. The molecule has 2 atom stereocenters. The Hall–Kier alpha value is -1.47. The second-order valence-corrected chi connectivity index (χ2v) is 7.67. The van der Waals surface area contributed by atoms with E-state index in [1.807, 2.05) is 12.1 Å². The van der Waals surface area contributed by atoms with E-state index in [1.54, 1.807) is 19.2 Å². The normalized spacial score (nSPS) is 19.4. The second-order valence-electron chi connectivity index (χ2n) is 6.83. The molecule has 0 radical (unpaired) electrons. The molecule has 1 amide bonds. The van der Waals surface area contributed by atoms with E-state index in [1.165, 1.54) is 11.0 Å². The third-order valence-corrected chi connectivity index (χ3v) is 5.66. The SMILES string of the molecule is CN(C(=O)c1ccc(Cl)c(C(F)(F)F)c1)[C@@H]1CCNC[C@H]1c1ccc(Cl)cc1.Cl. The van der Waals surface area contributed by atoms with Crippen molar-refractivity contribution in [2.45, 2.75) is 24.6 Å². The van der Waals surface area contributed by atoms with Crippen molar-refractivity contribution in [2.24, 2.45) is 0 Å². The number of amides is 1. The standard InChI is InChI=1S/C20H19Cl2F3N2O.ClH/c1-27(19(28)13-4-7-17(22)16(10-13)20(23,24)25)18-8-9-26-11-15(18)12-2-5-14(21)6-3-12;/h2-7,10,15,18,26H,8-9,11H2,1H3;1H/t15-,18+;/m0./s1. The number of carbonyl (C=O) groups is 1. The van der Waals surface area contributed by atoms with E-state index in [4.69, 9.17) is 23.2 Å². The molecular formula is C20H20Cl3F3N2O. The van der Waals surface area contributed by atoms with E-state index >= 15 is 0 Å². The first-order chi connectivity index (χ1) is 13.2. The molecule has 0 aliphatic carbocycles. The lowest BCUT2D eigenvalue weighted by molar-refractivity contribution is -0.137. The molecule has 2 aromatic carbocycles. The molecule has 1 fully saturated rings. The number of benzene rings is 2. The van der Waals surface area contributed by atoms with Gasteiger partial charge in [0.2, 0.25) is 0 Å². The molecule has 3 rings (SSSR count). The largest absolute Gasteiger partial charge is 0.417 e. The number of piperidine rings is 1. The molecule has 3 nitrogen and oxygen atoms in total. The molecule has 0 spiro atoms. The minimum absolute atomic E-state index is 0. The van der Waals surface area contributed by atoms with Gasteiger partial charge in [-0.3, -0.25) is 4.79 Å². The third kappa shape index (κ3) is 5.37. The van der Waals surface area contributed by atoms with Gasteiger partial charge in [0, 0.05) is 36.1 Å². The van der Waals surface area contributed by atoms with Gasteiger partial charge in [0.15, 0.2) is 0 Å². The fraction of sp³-hybridized carbons (Fsp3) is 0.350. The molecule has 0 unspecified atom stereocenters. The lowest BCUT2D eigenvalue weighted by Gasteiger charge is -2.39. The summed E-state index contributed by atoms with van der Waals surface area (Å²) in [5, 5.41) is 3.51. The zero-order chi connectivity index (χ0) is 20.5. The number of hydrogen-bond donors (Lipinski definition) is 1. The summed E-state index contributed by atoms with van der Waals surface area (Å²) in [7, 11) is 1.63. The van der Waals surface area contributed by atoms with E-state index in [0.29, 0.717) is 18.0 Å². The van der Waals surface area contributed by atoms with Crippen molar-refractivity contribution in [1.82, 2.24) is 10.2 Å². The highest BCUT2D eigenvalue weighted by Gasteiger charge is 2.36. The maximum Gasteiger partial charge on any atom is 0.417 e. The first-order valence-corrected chi connectivity index (χ1v) is 9.54. The molecule has 9 heteroatoms. The molecule has 29 heavy (non-hydrogen) atoms. The average molecular weight is 468 g/mol. The summed E-state index contributed by atoms with van der Waals surface area (Å²) in [6.07, 6.45) is -3.93. The lowest BCUT2D eigenvalue weighted by Crippen LogP contribution is -2.49. The van der Waals surface area contributed by atoms with E-state index in [-0.39, 0.29) is 29.9 Å². The predicted octanol–water partition coefficient (Wildman–Crippen LogP) is 5.65. The quantitative estimate of drug-likeness (QED) is 0.632. The maximum absolute atomic E-state index is 13.1. The Morgan fingerprint density at radius 1 is 1.14 bits per heavy atom. The van der Waals surface area contributed by atoms with Gasteiger partial charge in [-0.25, -0.2) is 0 Å². The monoisotopic (exact) mass is 466 g/mol. The van der Waals surface area contributed by atoms with Crippen LogP contribution in [-0.2, 0) is 6.18 Å². The van der Waals surface area contributed by atoms with Crippen LogP contribution in [0.3, 0.4) is 0 Å². The minimum Gasteiger partial charge on any atom is -0.338 e. The van der Waals surface area contributed by atoms with Crippen LogP contribution in [0.25, 0.3) is 0 Å². The number of alkyl halides is 3. The molecule has 0 bridgehead atoms. The Morgan fingerprint density at radius 3 is 2.41 bits per heavy atom. The van der Waals surface area contributed by atoms with E-state index in [2.05, 4.69) is 5.32 Å². The van der Waals surface area contributed by atoms with E-state index in [0.717, 1.165) is 24.2 Å². The maximum atomic E-state index is 13.1. The van der Waals surface area contributed by atoms with Crippen LogP contribution in [0.2, 0.25) is 10.0 Å². The molecule has 1 saturated heterocycles. The van der Waals surface area contributed by atoms with Crippen LogP contribution in [0.15, 0.2) is 42.5 Å². The Bertz CT molecular complexity index is 859. The summed E-state index contributed by atoms with van der Waals surface area (Å²) in [5.41, 5.74) is -0.0195. The summed E-state index contributed by atoms with van der Waals surface area (Å²) >= 11 is 11.6. The van der Waals surface area contributed by atoms with Crippen LogP contribution in [0.5, 0.6) is 0 Å². The lowest BCUT2D eigenvalue weighted by atomic mass is 9.85. The van der Waals surface area contributed by atoms with Crippen LogP contribution < -0.4 is 5.32 Å². The predicted molar refractivity (Wildman–Crippen MR) is 111 cm³/mol. The minimum atomic E-state index is -4.62. The molecule has 1 aliphatic heterocycles. The average Bonchev–Trinajstić information content (AvgIpc) is 2.67. The fourth-order valence-electron chi connectivity index (χ4n) is 3.59. The fourth-order valence-corrected chi connectivity index (χ4v) is 3.94. The van der Waals surface area contributed by atoms with Crippen molar-refractivity contribution >= 4 is 41.5 Å². The second kappa shape index (κ2) is 9.56. The first-order valence-electron chi connectivity index (χ1n) is 8.78. The zero-order valence-electron chi connectivity index (χ0n) is 15.5. The number of likely N-dealkylation sites (N-methyl/N-ethyl adjacent to an activating group) is 1. The van der Waals surface area contributed by atoms with Crippen molar-refractivity contribution in [3.63, 3.8) is 0 Å². The number of hydrogen-bond acceptors (Lipinski definition) is 2. The van der Waals surface area contributed by atoms with Gasteiger partial charge < -0.3 is 10.2 Å². The highest BCUT2D eigenvalue weighted by Crippen LogP contribution is 2.36. The van der Waals surface area contributed by atoms with Crippen LogP contribution in [0, 0.1) is 0 Å². The molecule has 2 aromatic rings. The Labute approximate surface area is 183 Å². The Balaban J connectivity index is 0.00000300. The van der Waals surface area contributed by atoms with Gasteiger partial charge in [-0.2, -0.15) is 13.2 Å². The van der Waals surface area contributed by atoms with E-state index < -0.39 is 22.7 Å². The number of halogens is 6. The number of nitrogens with one attached hydrogen (secondary N) is 1. The van der Waals surface area contributed by atoms with Crippen molar-refractivity contribution in [1.29, 1.82) is 0 Å². The van der Waals surface area contributed by atoms with Gasteiger partial charge in [-0.05, 0) is 48.9 Å². The Morgan fingerprint density at radius 2 is 1.79 bits per heavy atom. The molecular weight excluding hydrogens is 448 g/mol. The van der Waals surface area contributed by atoms with Gasteiger partial charge >= 0.3 is 6.18 Å².